The van der Waals surface area contributed by atoms with E-state index in [1.54, 1.807) is 4.90 Å². The van der Waals surface area contributed by atoms with E-state index in [9.17, 15) is 4.79 Å². The maximum Gasteiger partial charge on any atom is 0.319 e. The van der Waals surface area contributed by atoms with Gasteiger partial charge < -0.3 is 15.1 Å². The van der Waals surface area contributed by atoms with E-state index in [0.29, 0.717) is 6.04 Å². The van der Waals surface area contributed by atoms with Crippen molar-refractivity contribution in [2.24, 2.45) is 0 Å². The van der Waals surface area contributed by atoms with Gasteiger partial charge in [-0.1, -0.05) is 0 Å². The summed E-state index contributed by atoms with van der Waals surface area (Å²) in [6, 6.07) is 0.779. The summed E-state index contributed by atoms with van der Waals surface area (Å²) in [4.78, 5) is 18.2. The Morgan fingerprint density at radius 3 is 2.37 bits per heavy atom. The number of piperazine rings is 1. The zero-order chi connectivity index (χ0) is 14.0. The Hall–Kier alpha value is -0.810. The SMILES string of the molecule is CN(C)C(=O)N1CCC(N2CCNCC2(C)C)CC1. The summed E-state index contributed by atoms with van der Waals surface area (Å²) in [5.74, 6) is 0. The zero-order valence-electron chi connectivity index (χ0n) is 12.8. The van der Waals surface area contributed by atoms with Gasteiger partial charge in [0.15, 0.2) is 0 Å². The number of rotatable bonds is 1. The molecule has 0 aromatic carbocycles. The Labute approximate surface area is 116 Å². The molecule has 0 radical (unpaired) electrons. The van der Waals surface area contributed by atoms with E-state index in [4.69, 9.17) is 0 Å². The highest BCUT2D eigenvalue weighted by atomic mass is 16.2. The second-order valence-electron chi connectivity index (χ2n) is 6.58. The van der Waals surface area contributed by atoms with Crippen molar-refractivity contribution in [3.05, 3.63) is 0 Å². The zero-order valence-corrected chi connectivity index (χ0v) is 12.8. The molecular formula is C14H28N4O. The summed E-state index contributed by atoms with van der Waals surface area (Å²) in [5.41, 5.74) is 0.233. The van der Waals surface area contributed by atoms with Gasteiger partial charge >= 0.3 is 6.03 Å². The van der Waals surface area contributed by atoms with E-state index < -0.39 is 0 Å². The van der Waals surface area contributed by atoms with Crippen molar-refractivity contribution in [3.63, 3.8) is 0 Å². The lowest BCUT2D eigenvalue weighted by Crippen LogP contribution is -2.63. The van der Waals surface area contributed by atoms with E-state index in [2.05, 4.69) is 24.1 Å². The van der Waals surface area contributed by atoms with Crippen LogP contribution in [0.15, 0.2) is 0 Å². The van der Waals surface area contributed by atoms with Crippen LogP contribution in [0.1, 0.15) is 26.7 Å². The molecule has 0 aliphatic carbocycles. The third-order valence-corrected chi connectivity index (χ3v) is 4.42. The van der Waals surface area contributed by atoms with Crippen molar-refractivity contribution in [1.29, 1.82) is 0 Å². The normalized spacial score (nSPS) is 25.4. The van der Waals surface area contributed by atoms with E-state index in [0.717, 1.165) is 45.6 Å². The summed E-state index contributed by atoms with van der Waals surface area (Å²) in [5, 5.41) is 3.47. The van der Waals surface area contributed by atoms with E-state index in [1.165, 1.54) is 0 Å². The highest BCUT2D eigenvalue weighted by molar-refractivity contribution is 5.73. The molecule has 2 fully saturated rings. The number of amides is 2. The Kier molecular flexibility index (Phi) is 4.36. The molecule has 2 amide bonds. The molecule has 0 bridgehead atoms. The molecule has 0 aromatic rings. The maximum atomic E-state index is 11.9. The van der Waals surface area contributed by atoms with Crippen LogP contribution in [0.4, 0.5) is 4.79 Å². The van der Waals surface area contributed by atoms with Gasteiger partial charge in [-0.15, -0.1) is 0 Å². The van der Waals surface area contributed by atoms with Gasteiger partial charge in [0.05, 0.1) is 0 Å². The van der Waals surface area contributed by atoms with Crippen molar-refractivity contribution in [2.75, 3.05) is 46.8 Å². The second-order valence-corrected chi connectivity index (χ2v) is 6.58. The number of carbonyl (C=O) groups excluding carboxylic acids is 1. The molecule has 5 nitrogen and oxygen atoms in total. The third kappa shape index (κ3) is 3.20. The fourth-order valence-corrected chi connectivity index (χ4v) is 3.33. The first-order chi connectivity index (χ1) is 8.92. The number of nitrogens with zero attached hydrogens (tertiary/aromatic N) is 3. The van der Waals surface area contributed by atoms with Gasteiger partial charge in [-0.05, 0) is 26.7 Å². The Morgan fingerprint density at radius 2 is 1.84 bits per heavy atom. The Balaban J connectivity index is 1.91. The molecule has 2 rings (SSSR count). The first-order valence-electron chi connectivity index (χ1n) is 7.35. The molecule has 0 aromatic heterocycles. The summed E-state index contributed by atoms with van der Waals surface area (Å²) in [6.45, 7) is 9.68. The van der Waals surface area contributed by atoms with Gasteiger partial charge in [0.25, 0.3) is 0 Å². The molecule has 2 aliphatic rings. The molecule has 2 aliphatic heterocycles. The molecule has 19 heavy (non-hydrogen) atoms. The van der Waals surface area contributed by atoms with Crippen molar-refractivity contribution in [1.82, 2.24) is 20.0 Å². The van der Waals surface area contributed by atoms with Crippen molar-refractivity contribution < 1.29 is 4.79 Å². The highest BCUT2D eigenvalue weighted by Crippen LogP contribution is 2.26. The minimum atomic E-state index is 0.151. The standard InChI is InChI=1S/C14H28N4O/c1-14(2)11-15-7-10-18(14)12-5-8-17(9-6-12)13(19)16(3)4/h12,15H,5-11H2,1-4H3. The molecular weight excluding hydrogens is 240 g/mol. The fourth-order valence-electron chi connectivity index (χ4n) is 3.33. The van der Waals surface area contributed by atoms with Crippen LogP contribution in [0.5, 0.6) is 0 Å². The average molecular weight is 268 g/mol. The van der Waals surface area contributed by atoms with Crippen LogP contribution < -0.4 is 5.32 Å². The van der Waals surface area contributed by atoms with Crippen LogP contribution in [0.25, 0.3) is 0 Å². The number of carbonyl (C=O) groups is 1. The van der Waals surface area contributed by atoms with Crippen LogP contribution in [0, 0.1) is 0 Å². The predicted molar refractivity (Wildman–Crippen MR) is 77.3 cm³/mol. The number of urea groups is 1. The first kappa shape index (κ1) is 14.6. The molecule has 1 N–H and O–H groups in total. The number of likely N-dealkylation sites (tertiary alicyclic amines) is 1. The molecule has 0 saturated carbocycles. The minimum Gasteiger partial charge on any atom is -0.331 e. The number of piperidine rings is 1. The monoisotopic (exact) mass is 268 g/mol. The van der Waals surface area contributed by atoms with Crippen LogP contribution in [0.2, 0.25) is 0 Å². The van der Waals surface area contributed by atoms with Gasteiger partial charge in [0.1, 0.15) is 0 Å². The largest absolute Gasteiger partial charge is 0.331 e. The van der Waals surface area contributed by atoms with E-state index in [1.807, 2.05) is 19.0 Å². The van der Waals surface area contributed by atoms with Crippen LogP contribution in [-0.4, -0.2) is 79.1 Å². The second kappa shape index (κ2) is 5.67. The smallest absolute Gasteiger partial charge is 0.319 e. The molecule has 110 valence electrons. The van der Waals surface area contributed by atoms with Crippen molar-refractivity contribution in [3.8, 4) is 0 Å². The Morgan fingerprint density at radius 1 is 1.21 bits per heavy atom. The predicted octanol–water partition coefficient (Wildman–Crippen LogP) is 0.816. The van der Waals surface area contributed by atoms with Crippen LogP contribution in [0.3, 0.4) is 0 Å². The number of hydrogen-bond acceptors (Lipinski definition) is 3. The van der Waals surface area contributed by atoms with Gasteiger partial charge in [-0.3, -0.25) is 4.90 Å². The third-order valence-electron chi connectivity index (χ3n) is 4.42. The van der Waals surface area contributed by atoms with Gasteiger partial charge in [-0.2, -0.15) is 0 Å². The minimum absolute atomic E-state index is 0.151. The molecule has 0 atom stereocenters. The summed E-state index contributed by atoms with van der Waals surface area (Å²) in [7, 11) is 3.65. The number of nitrogens with one attached hydrogen (secondary N) is 1. The average Bonchev–Trinajstić information content (AvgIpc) is 2.37. The van der Waals surface area contributed by atoms with E-state index in [-0.39, 0.29) is 11.6 Å². The molecule has 0 unspecified atom stereocenters. The highest BCUT2D eigenvalue weighted by Gasteiger charge is 2.36. The van der Waals surface area contributed by atoms with Gasteiger partial charge in [-0.25, -0.2) is 4.79 Å². The van der Waals surface area contributed by atoms with Crippen molar-refractivity contribution in [2.45, 2.75) is 38.3 Å². The van der Waals surface area contributed by atoms with Crippen LogP contribution >= 0.6 is 0 Å². The number of hydrogen-bond donors (Lipinski definition) is 1. The maximum absolute atomic E-state index is 11.9. The molecule has 5 heteroatoms. The quantitative estimate of drug-likeness (QED) is 0.765. The Bertz CT molecular complexity index is 321. The summed E-state index contributed by atoms with van der Waals surface area (Å²) < 4.78 is 0. The molecule has 2 heterocycles. The molecule has 0 spiro atoms. The lowest BCUT2D eigenvalue weighted by molar-refractivity contribution is 0.0177. The summed E-state index contributed by atoms with van der Waals surface area (Å²) >= 11 is 0. The first-order valence-corrected chi connectivity index (χ1v) is 7.35. The lowest BCUT2D eigenvalue weighted by Gasteiger charge is -2.49. The van der Waals surface area contributed by atoms with E-state index >= 15 is 0 Å². The molecule has 2 saturated heterocycles. The topological polar surface area (TPSA) is 38.8 Å². The summed E-state index contributed by atoms with van der Waals surface area (Å²) in [6.07, 6.45) is 2.20. The lowest BCUT2D eigenvalue weighted by atomic mass is 9.93. The van der Waals surface area contributed by atoms with Crippen LogP contribution in [-0.2, 0) is 0 Å². The van der Waals surface area contributed by atoms with Gasteiger partial charge in [0.2, 0.25) is 0 Å². The van der Waals surface area contributed by atoms with Crippen molar-refractivity contribution >= 4 is 6.03 Å². The fraction of sp³-hybridized carbons (Fsp3) is 0.929. The van der Waals surface area contributed by atoms with Gasteiger partial charge in [0, 0.05) is 58.4 Å².